The number of nitrogens with zero attached hydrogens (tertiary/aromatic N) is 1. The molecule has 0 amide bonds. The normalized spacial score (nSPS) is 17.1. The number of ketones is 1. The predicted molar refractivity (Wildman–Crippen MR) is 145 cm³/mol. The summed E-state index contributed by atoms with van der Waals surface area (Å²) in [6.45, 7) is 1.67. The van der Waals surface area contributed by atoms with E-state index in [0.29, 0.717) is 17.9 Å². The molecule has 0 radical (unpaired) electrons. The second-order valence-electron chi connectivity index (χ2n) is 9.64. The van der Waals surface area contributed by atoms with Crippen LogP contribution in [0, 0.1) is 17.6 Å². The zero-order chi connectivity index (χ0) is 27.0. The van der Waals surface area contributed by atoms with Crippen LogP contribution in [0.25, 0.3) is 22.2 Å². The van der Waals surface area contributed by atoms with Crippen molar-refractivity contribution in [1.29, 1.82) is 0 Å². The average molecular weight is 558 g/mol. The standard InChI is InChI=1S/C28H26ClF2N3O3S/c1-2-11-38(36,37)34-24-9-8-23(30)26(27(24)31)25(35)10-5-17-12-20(17)22-15-33-28-21(22)13-18(14-32-28)16-3-6-19(29)7-4-16/h3-4,6-9,13-15,17,20,34H,2,5,10-12H2,1H3,(H,32,33)/t17-,20?/m0/s1. The van der Waals surface area contributed by atoms with Crippen molar-refractivity contribution >= 4 is 44.1 Å². The lowest BCUT2D eigenvalue weighted by Crippen LogP contribution is -2.18. The molecule has 2 aromatic heterocycles. The lowest BCUT2D eigenvalue weighted by atomic mass is 10.0. The summed E-state index contributed by atoms with van der Waals surface area (Å²) in [7, 11) is -3.79. The van der Waals surface area contributed by atoms with Crippen LogP contribution >= 0.6 is 11.6 Å². The zero-order valence-electron chi connectivity index (χ0n) is 20.6. The Bertz CT molecular complexity index is 1620. The fourth-order valence-corrected chi connectivity index (χ4v) is 6.15. The number of carbonyl (C=O) groups excluding carboxylic acids is 1. The van der Waals surface area contributed by atoms with Crippen LogP contribution in [0.3, 0.4) is 0 Å². The molecule has 38 heavy (non-hydrogen) atoms. The first kappa shape index (κ1) is 26.3. The molecule has 6 nitrogen and oxygen atoms in total. The second kappa shape index (κ2) is 10.5. The Balaban J connectivity index is 1.28. The van der Waals surface area contributed by atoms with Gasteiger partial charge in [0.1, 0.15) is 11.5 Å². The smallest absolute Gasteiger partial charge is 0.232 e. The van der Waals surface area contributed by atoms with E-state index in [4.69, 9.17) is 11.6 Å². The van der Waals surface area contributed by atoms with Crippen molar-refractivity contribution in [3.05, 3.63) is 82.6 Å². The number of aromatic amines is 1. The molecule has 1 aliphatic rings. The molecule has 1 aliphatic carbocycles. The lowest BCUT2D eigenvalue weighted by molar-refractivity contribution is 0.0969. The first-order valence-electron chi connectivity index (χ1n) is 12.4. The van der Waals surface area contributed by atoms with Crippen LogP contribution in [0.5, 0.6) is 0 Å². The van der Waals surface area contributed by atoms with E-state index < -0.39 is 38.7 Å². The number of anilines is 1. The van der Waals surface area contributed by atoms with E-state index >= 15 is 0 Å². The highest BCUT2D eigenvalue weighted by Gasteiger charge is 2.40. The van der Waals surface area contributed by atoms with Gasteiger partial charge in [-0.1, -0.05) is 30.7 Å². The minimum absolute atomic E-state index is 0.0448. The molecular formula is C28H26ClF2N3O3S. The van der Waals surface area contributed by atoms with Crippen molar-refractivity contribution in [2.24, 2.45) is 5.92 Å². The van der Waals surface area contributed by atoms with Gasteiger partial charge in [-0.2, -0.15) is 0 Å². The topological polar surface area (TPSA) is 91.9 Å². The van der Waals surface area contributed by atoms with Gasteiger partial charge in [0.25, 0.3) is 0 Å². The number of hydrogen-bond acceptors (Lipinski definition) is 4. The maximum atomic E-state index is 15.0. The molecule has 4 aromatic rings. The molecule has 2 atom stereocenters. The van der Waals surface area contributed by atoms with E-state index in [1.165, 1.54) is 0 Å². The molecule has 198 valence electrons. The second-order valence-corrected chi connectivity index (χ2v) is 11.9. The molecule has 1 saturated carbocycles. The Kier molecular flexibility index (Phi) is 7.24. The Labute approximate surface area is 224 Å². The van der Waals surface area contributed by atoms with Gasteiger partial charge in [0.2, 0.25) is 10.0 Å². The van der Waals surface area contributed by atoms with Gasteiger partial charge in [-0.15, -0.1) is 0 Å². The van der Waals surface area contributed by atoms with Crippen molar-refractivity contribution in [2.75, 3.05) is 10.5 Å². The van der Waals surface area contributed by atoms with Crippen LogP contribution in [0.1, 0.15) is 54.4 Å². The van der Waals surface area contributed by atoms with Gasteiger partial charge >= 0.3 is 0 Å². The van der Waals surface area contributed by atoms with Gasteiger partial charge in [0.15, 0.2) is 11.6 Å². The van der Waals surface area contributed by atoms with E-state index in [1.807, 2.05) is 30.5 Å². The summed E-state index contributed by atoms with van der Waals surface area (Å²) < 4.78 is 55.6. The van der Waals surface area contributed by atoms with Crippen molar-refractivity contribution in [1.82, 2.24) is 9.97 Å². The van der Waals surface area contributed by atoms with Gasteiger partial charge < -0.3 is 4.98 Å². The average Bonchev–Trinajstić information content (AvgIpc) is 3.53. The maximum Gasteiger partial charge on any atom is 0.232 e. The number of benzene rings is 2. The number of hydrogen-bond donors (Lipinski definition) is 2. The van der Waals surface area contributed by atoms with E-state index in [0.717, 1.165) is 46.3 Å². The number of nitrogens with one attached hydrogen (secondary N) is 2. The monoisotopic (exact) mass is 557 g/mol. The van der Waals surface area contributed by atoms with Gasteiger partial charge in [-0.25, -0.2) is 22.2 Å². The molecule has 2 aromatic carbocycles. The van der Waals surface area contributed by atoms with Gasteiger partial charge in [0, 0.05) is 34.8 Å². The van der Waals surface area contributed by atoms with Crippen molar-refractivity contribution < 1.29 is 22.0 Å². The van der Waals surface area contributed by atoms with Crippen LogP contribution in [0.2, 0.25) is 5.02 Å². The number of rotatable bonds is 10. The number of pyridine rings is 1. The number of carbonyl (C=O) groups is 1. The molecular weight excluding hydrogens is 532 g/mol. The third-order valence-electron chi connectivity index (χ3n) is 6.91. The summed E-state index contributed by atoms with van der Waals surface area (Å²) in [6.07, 6.45) is 5.34. The van der Waals surface area contributed by atoms with Gasteiger partial charge in [-0.3, -0.25) is 9.52 Å². The van der Waals surface area contributed by atoms with Crippen LogP contribution < -0.4 is 4.72 Å². The quantitative estimate of drug-likeness (QED) is 0.204. The molecule has 0 aliphatic heterocycles. The first-order valence-corrected chi connectivity index (χ1v) is 14.4. The lowest BCUT2D eigenvalue weighted by Gasteiger charge is -2.11. The van der Waals surface area contributed by atoms with Crippen LogP contribution in [0.4, 0.5) is 14.5 Å². The first-order chi connectivity index (χ1) is 18.2. The van der Waals surface area contributed by atoms with E-state index in [2.05, 4.69) is 20.8 Å². The molecule has 0 spiro atoms. The highest BCUT2D eigenvalue weighted by molar-refractivity contribution is 7.92. The predicted octanol–water partition coefficient (Wildman–Crippen LogP) is 7.08. The van der Waals surface area contributed by atoms with Crippen molar-refractivity contribution in [3.63, 3.8) is 0 Å². The Morgan fingerprint density at radius 2 is 1.92 bits per heavy atom. The molecule has 1 unspecified atom stereocenters. The number of halogens is 3. The third-order valence-corrected chi connectivity index (χ3v) is 8.64. The van der Waals surface area contributed by atoms with Crippen molar-refractivity contribution in [2.45, 2.75) is 38.5 Å². The highest BCUT2D eigenvalue weighted by Crippen LogP contribution is 2.52. The third kappa shape index (κ3) is 5.44. The zero-order valence-corrected chi connectivity index (χ0v) is 22.2. The fourth-order valence-electron chi connectivity index (χ4n) is 4.89. The SMILES string of the molecule is CCCS(=O)(=O)Nc1ccc(F)c(C(=O)CC[C@H]2CC2c2c[nH]c3ncc(-c4ccc(Cl)cc4)cc23)c1F. The Hall–Kier alpha value is -3.30. The minimum atomic E-state index is -3.79. The summed E-state index contributed by atoms with van der Waals surface area (Å²) in [5, 5.41) is 1.66. The Morgan fingerprint density at radius 3 is 2.66 bits per heavy atom. The van der Waals surface area contributed by atoms with E-state index in [9.17, 15) is 22.0 Å². The maximum absolute atomic E-state index is 15.0. The summed E-state index contributed by atoms with van der Waals surface area (Å²) in [4.78, 5) is 20.6. The molecule has 5 rings (SSSR count). The number of sulfonamides is 1. The summed E-state index contributed by atoms with van der Waals surface area (Å²) in [5.41, 5.74) is 2.70. The van der Waals surface area contributed by atoms with E-state index in [1.54, 1.807) is 13.1 Å². The minimum Gasteiger partial charge on any atom is -0.346 e. The molecule has 2 heterocycles. The molecule has 1 fully saturated rings. The highest BCUT2D eigenvalue weighted by atomic mass is 35.5. The summed E-state index contributed by atoms with van der Waals surface area (Å²) >= 11 is 6.01. The summed E-state index contributed by atoms with van der Waals surface area (Å²) in [6, 6.07) is 11.5. The van der Waals surface area contributed by atoms with Crippen LogP contribution in [0.15, 0.2) is 54.9 Å². The number of H-pyrrole nitrogens is 1. The van der Waals surface area contributed by atoms with E-state index in [-0.39, 0.29) is 24.0 Å². The molecule has 10 heteroatoms. The van der Waals surface area contributed by atoms with Gasteiger partial charge in [-0.05, 0) is 72.6 Å². The van der Waals surface area contributed by atoms with Gasteiger partial charge in [0.05, 0.1) is 17.0 Å². The molecule has 0 saturated heterocycles. The number of fused-ring (bicyclic) bond motifs is 1. The molecule has 2 N–H and O–H groups in total. The number of Topliss-reactive ketones (excluding diaryl/α,β-unsaturated/α-hetero) is 1. The molecule has 0 bridgehead atoms. The van der Waals surface area contributed by atoms with Crippen LogP contribution in [-0.4, -0.2) is 29.9 Å². The van der Waals surface area contributed by atoms with Crippen LogP contribution in [-0.2, 0) is 10.0 Å². The summed E-state index contributed by atoms with van der Waals surface area (Å²) in [5.74, 6) is -2.68. The largest absolute Gasteiger partial charge is 0.346 e. The fraction of sp³-hybridized carbons (Fsp3) is 0.286. The number of aromatic nitrogens is 2. The van der Waals surface area contributed by atoms with Crippen molar-refractivity contribution in [3.8, 4) is 11.1 Å². The Morgan fingerprint density at radius 1 is 1.16 bits per heavy atom.